The van der Waals surface area contributed by atoms with Crippen molar-refractivity contribution in [1.82, 2.24) is 19.5 Å². The van der Waals surface area contributed by atoms with Crippen LogP contribution in [0, 0.1) is 6.92 Å². The number of hydrogen-bond donors (Lipinski definition) is 0. The van der Waals surface area contributed by atoms with Crippen LogP contribution in [0.2, 0.25) is 5.15 Å². The summed E-state index contributed by atoms with van der Waals surface area (Å²) in [5.74, 6) is -1.38. The van der Waals surface area contributed by atoms with E-state index in [1.165, 1.54) is 43.0 Å². The Labute approximate surface area is 203 Å². The number of fused-ring (bicyclic) bond motifs is 1. The largest absolute Gasteiger partial charge is 0.463 e. The third-order valence-electron chi connectivity index (χ3n) is 4.95. The fraction of sp³-hybridized carbons (Fsp3) is 0.429. The zero-order valence-corrected chi connectivity index (χ0v) is 20.3. The lowest BCUT2D eigenvalue weighted by Crippen LogP contribution is -2.40. The van der Waals surface area contributed by atoms with Gasteiger partial charge in [-0.15, -0.1) is 11.3 Å². The molecule has 0 aliphatic carbocycles. The highest BCUT2D eigenvalue weighted by Crippen LogP contribution is 2.37. The monoisotopic (exact) mass is 508 g/mol. The van der Waals surface area contributed by atoms with Gasteiger partial charge in [0.05, 0.1) is 11.2 Å². The quantitative estimate of drug-likeness (QED) is 0.278. The molecule has 4 atom stereocenters. The van der Waals surface area contributed by atoms with E-state index in [0.29, 0.717) is 17.0 Å². The summed E-state index contributed by atoms with van der Waals surface area (Å²) in [6.07, 6.45) is -2.59. The minimum atomic E-state index is -1.07. The van der Waals surface area contributed by atoms with Gasteiger partial charge in [-0.2, -0.15) is 0 Å². The number of ether oxygens (including phenoxy) is 4. The van der Waals surface area contributed by atoms with Crippen molar-refractivity contribution in [2.75, 3.05) is 6.61 Å². The summed E-state index contributed by atoms with van der Waals surface area (Å²) >= 11 is 7.90. The summed E-state index contributed by atoms with van der Waals surface area (Å²) in [4.78, 5) is 50.2. The lowest BCUT2D eigenvalue weighted by molar-refractivity contribution is -0.166. The van der Waals surface area contributed by atoms with Gasteiger partial charge in [-0.05, 0) is 19.1 Å². The van der Waals surface area contributed by atoms with Crippen molar-refractivity contribution in [2.24, 2.45) is 0 Å². The number of imidazole rings is 1. The summed E-state index contributed by atoms with van der Waals surface area (Å²) in [6, 6.07) is 3.83. The molecule has 3 aromatic rings. The molecule has 0 saturated carbocycles. The molecule has 4 rings (SSSR count). The Morgan fingerprint density at radius 2 is 1.79 bits per heavy atom. The first-order valence-corrected chi connectivity index (χ1v) is 11.4. The summed E-state index contributed by atoms with van der Waals surface area (Å²) < 4.78 is 23.6. The number of carbonyl (C=O) groups is 3. The third-order valence-corrected chi connectivity index (χ3v) is 6.21. The number of carbonyl (C=O) groups excluding carboxylic acids is 3. The van der Waals surface area contributed by atoms with Gasteiger partial charge in [0.15, 0.2) is 35.1 Å². The summed E-state index contributed by atoms with van der Waals surface area (Å²) in [5, 5.41) is 0.139. The first kappa shape index (κ1) is 24.0. The molecule has 3 aromatic heterocycles. The van der Waals surface area contributed by atoms with E-state index in [2.05, 4.69) is 15.0 Å². The maximum absolute atomic E-state index is 11.9. The van der Waals surface area contributed by atoms with Gasteiger partial charge in [0.2, 0.25) is 0 Å². The minimum absolute atomic E-state index is 0.139. The van der Waals surface area contributed by atoms with Crippen LogP contribution in [0.5, 0.6) is 0 Å². The lowest BCUT2D eigenvalue weighted by Gasteiger charge is -2.23. The first-order chi connectivity index (χ1) is 16.1. The van der Waals surface area contributed by atoms with Crippen LogP contribution in [-0.4, -0.2) is 62.3 Å². The predicted octanol–water partition coefficient (Wildman–Crippen LogP) is 2.84. The number of halogens is 1. The predicted molar refractivity (Wildman–Crippen MR) is 120 cm³/mol. The number of rotatable bonds is 6. The van der Waals surface area contributed by atoms with Gasteiger partial charge in [0, 0.05) is 25.6 Å². The molecule has 1 aliphatic rings. The highest BCUT2D eigenvalue weighted by Gasteiger charge is 2.51. The molecule has 180 valence electrons. The van der Waals surface area contributed by atoms with E-state index in [1.54, 1.807) is 0 Å². The SMILES string of the molecule is CC(=O)OC[C@H]1O[C@@H](n2cnc3c(Cl)nc(-c4ccc(C)s4)nc32)[C@H](OC(C)=O)[C@@H]1OC(C)=O. The second-order valence-corrected chi connectivity index (χ2v) is 9.23. The van der Waals surface area contributed by atoms with E-state index >= 15 is 0 Å². The zero-order valence-electron chi connectivity index (χ0n) is 18.7. The average Bonchev–Trinajstić information content (AvgIpc) is 3.44. The molecule has 1 aliphatic heterocycles. The van der Waals surface area contributed by atoms with E-state index in [1.807, 2.05) is 19.1 Å². The number of esters is 3. The summed E-state index contributed by atoms with van der Waals surface area (Å²) in [5.41, 5.74) is 0.647. The number of aryl methyl sites for hydroxylation is 1. The van der Waals surface area contributed by atoms with Gasteiger partial charge >= 0.3 is 17.9 Å². The maximum Gasteiger partial charge on any atom is 0.303 e. The highest BCUT2D eigenvalue weighted by atomic mass is 35.5. The van der Waals surface area contributed by atoms with Crippen molar-refractivity contribution in [3.05, 3.63) is 28.5 Å². The number of hydrogen-bond acceptors (Lipinski definition) is 11. The van der Waals surface area contributed by atoms with Crippen LogP contribution in [0.3, 0.4) is 0 Å². The number of nitrogens with zero attached hydrogens (tertiary/aromatic N) is 4. The van der Waals surface area contributed by atoms with Crippen molar-refractivity contribution in [3.8, 4) is 10.7 Å². The lowest BCUT2D eigenvalue weighted by atomic mass is 10.1. The Hall–Kier alpha value is -3.09. The molecule has 0 unspecified atom stereocenters. The molecule has 0 aromatic carbocycles. The second kappa shape index (κ2) is 9.65. The van der Waals surface area contributed by atoms with Crippen LogP contribution in [0.25, 0.3) is 21.9 Å². The molecule has 0 spiro atoms. The molecule has 1 saturated heterocycles. The van der Waals surface area contributed by atoms with Crippen LogP contribution >= 0.6 is 22.9 Å². The van der Waals surface area contributed by atoms with E-state index in [-0.39, 0.29) is 11.8 Å². The molecular formula is C21H21ClN4O7S. The van der Waals surface area contributed by atoms with Crippen LogP contribution in [0.1, 0.15) is 31.9 Å². The molecule has 4 heterocycles. The fourth-order valence-electron chi connectivity index (χ4n) is 3.65. The highest BCUT2D eigenvalue weighted by molar-refractivity contribution is 7.15. The molecule has 13 heteroatoms. The van der Waals surface area contributed by atoms with Gasteiger partial charge in [0.25, 0.3) is 0 Å². The Morgan fingerprint density at radius 1 is 1.09 bits per heavy atom. The van der Waals surface area contributed by atoms with Crippen LogP contribution in [0.4, 0.5) is 0 Å². The number of aromatic nitrogens is 4. The average molecular weight is 509 g/mol. The summed E-state index contributed by atoms with van der Waals surface area (Å²) in [7, 11) is 0. The van der Waals surface area contributed by atoms with Crippen LogP contribution < -0.4 is 0 Å². The van der Waals surface area contributed by atoms with Gasteiger partial charge < -0.3 is 18.9 Å². The van der Waals surface area contributed by atoms with Crippen molar-refractivity contribution in [2.45, 2.75) is 52.2 Å². The fourth-order valence-corrected chi connectivity index (χ4v) is 4.66. The van der Waals surface area contributed by atoms with Gasteiger partial charge in [0.1, 0.15) is 18.2 Å². The van der Waals surface area contributed by atoms with Crippen molar-refractivity contribution < 1.29 is 33.3 Å². The summed E-state index contributed by atoms with van der Waals surface area (Å²) in [6.45, 7) is 5.43. The zero-order chi connectivity index (χ0) is 24.6. The van der Waals surface area contributed by atoms with Crippen LogP contribution in [-0.2, 0) is 33.3 Å². The van der Waals surface area contributed by atoms with Crippen LogP contribution in [0.15, 0.2) is 18.5 Å². The third kappa shape index (κ3) is 4.88. The molecule has 1 fully saturated rings. The normalized spacial score (nSPS) is 22.0. The Bertz CT molecular complexity index is 1260. The Balaban J connectivity index is 1.79. The Kier molecular flexibility index (Phi) is 6.82. The van der Waals surface area contributed by atoms with E-state index < -0.39 is 42.4 Å². The van der Waals surface area contributed by atoms with Crippen molar-refractivity contribution >= 4 is 52.0 Å². The minimum Gasteiger partial charge on any atom is -0.463 e. The standard InChI is InChI=1S/C21H21ClN4O7S/c1-9-5-6-14(34-9)19-24-18(22)15-20(25-19)26(8-23-15)21-17(32-12(4)29)16(31-11(3)28)13(33-21)7-30-10(2)27/h5-6,8,13,16-17,21H,7H2,1-4H3/t13-,16-,17-,21-/m1/s1. The topological polar surface area (TPSA) is 132 Å². The van der Waals surface area contributed by atoms with Crippen molar-refractivity contribution in [1.29, 1.82) is 0 Å². The van der Waals surface area contributed by atoms with Gasteiger partial charge in [-0.25, -0.2) is 15.0 Å². The smallest absolute Gasteiger partial charge is 0.303 e. The molecular weight excluding hydrogens is 488 g/mol. The molecule has 0 amide bonds. The van der Waals surface area contributed by atoms with Crippen molar-refractivity contribution in [3.63, 3.8) is 0 Å². The van der Waals surface area contributed by atoms with Gasteiger partial charge in [-0.1, -0.05) is 11.6 Å². The first-order valence-electron chi connectivity index (χ1n) is 10.2. The van der Waals surface area contributed by atoms with E-state index in [0.717, 1.165) is 9.75 Å². The Morgan fingerprint density at radius 3 is 2.41 bits per heavy atom. The van der Waals surface area contributed by atoms with E-state index in [9.17, 15) is 14.4 Å². The molecule has 34 heavy (non-hydrogen) atoms. The molecule has 0 bridgehead atoms. The molecule has 0 N–H and O–H groups in total. The molecule has 0 radical (unpaired) electrons. The molecule has 11 nitrogen and oxygen atoms in total. The van der Waals surface area contributed by atoms with E-state index in [4.69, 9.17) is 30.5 Å². The van der Waals surface area contributed by atoms with Gasteiger partial charge in [-0.3, -0.25) is 19.0 Å². The second-order valence-electron chi connectivity index (χ2n) is 7.59. The number of thiophene rings is 1. The maximum atomic E-state index is 11.9.